The second kappa shape index (κ2) is 6.04. The minimum absolute atomic E-state index is 0.528. The van der Waals surface area contributed by atoms with E-state index in [1.807, 2.05) is 6.20 Å². The summed E-state index contributed by atoms with van der Waals surface area (Å²) in [4.78, 5) is 7.21. The SMILES string of the molecule is CC(C)C1C=[N+](CCN2CCCCC2)c2ncccc21. The average molecular weight is 272 g/mol. The van der Waals surface area contributed by atoms with Gasteiger partial charge in [-0.15, -0.1) is 0 Å². The summed E-state index contributed by atoms with van der Waals surface area (Å²) in [5.74, 6) is 2.35. The predicted molar refractivity (Wildman–Crippen MR) is 83.0 cm³/mol. The molecule has 1 fully saturated rings. The fourth-order valence-electron chi connectivity index (χ4n) is 3.40. The molecule has 0 saturated carbocycles. The van der Waals surface area contributed by atoms with Crippen molar-refractivity contribution in [1.82, 2.24) is 9.88 Å². The maximum absolute atomic E-state index is 4.61. The summed E-state index contributed by atoms with van der Waals surface area (Å²) in [6.07, 6.45) is 8.46. The zero-order valence-corrected chi connectivity index (χ0v) is 12.8. The standard InChI is InChI=1S/C17H26N3/c1-14(2)16-13-20(17-15(16)7-6-8-18-17)12-11-19-9-4-3-5-10-19/h6-8,13-14,16H,3-5,9-12H2,1-2H3/q+1. The molecule has 3 rings (SSSR count). The van der Waals surface area contributed by atoms with Crippen molar-refractivity contribution in [3.8, 4) is 0 Å². The Hall–Kier alpha value is -1.22. The van der Waals surface area contributed by atoms with Crippen LogP contribution in [0.15, 0.2) is 18.3 Å². The molecule has 3 heterocycles. The van der Waals surface area contributed by atoms with Gasteiger partial charge >= 0.3 is 5.82 Å². The van der Waals surface area contributed by atoms with E-state index in [2.05, 4.69) is 46.7 Å². The Morgan fingerprint density at radius 2 is 2.10 bits per heavy atom. The van der Waals surface area contributed by atoms with Gasteiger partial charge in [-0.1, -0.05) is 20.3 Å². The molecule has 1 atom stereocenters. The maximum Gasteiger partial charge on any atom is 0.326 e. The number of likely N-dealkylation sites (tertiary alicyclic amines) is 1. The highest BCUT2D eigenvalue weighted by Gasteiger charge is 2.32. The molecule has 0 radical (unpaired) electrons. The van der Waals surface area contributed by atoms with E-state index < -0.39 is 0 Å². The van der Waals surface area contributed by atoms with E-state index >= 15 is 0 Å². The molecule has 1 unspecified atom stereocenters. The van der Waals surface area contributed by atoms with Gasteiger partial charge in [0, 0.05) is 12.5 Å². The first-order valence-electron chi connectivity index (χ1n) is 8.04. The predicted octanol–water partition coefficient (Wildman–Crippen LogP) is 3.04. The summed E-state index contributed by atoms with van der Waals surface area (Å²) >= 11 is 0. The normalized spacial score (nSPS) is 22.9. The van der Waals surface area contributed by atoms with Crippen LogP contribution in [0.25, 0.3) is 0 Å². The fraction of sp³-hybridized carbons (Fsp3) is 0.647. The van der Waals surface area contributed by atoms with Gasteiger partial charge in [-0.05, 0) is 49.0 Å². The Morgan fingerprint density at radius 1 is 1.30 bits per heavy atom. The zero-order valence-electron chi connectivity index (χ0n) is 12.8. The van der Waals surface area contributed by atoms with Gasteiger partial charge in [-0.25, -0.2) is 4.58 Å². The molecule has 1 aromatic heterocycles. The monoisotopic (exact) mass is 272 g/mol. The topological polar surface area (TPSA) is 19.1 Å². The average Bonchev–Trinajstić information content (AvgIpc) is 2.85. The first kappa shape index (κ1) is 13.7. The molecular weight excluding hydrogens is 246 g/mol. The van der Waals surface area contributed by atoms with E-state index in [9.17, 15) is 0 Å². The lowest BCUT2D eigenvalue weighted by molar-refractivity contribution is -0.438. The van der Waals surface area contributed by atoms with Crippen molar-refractivity contribution in [3.63, 3.8) is 0 Å². The second-order valence-corrected chi connectivity index (χ2v) is 6.43. The molecule has 1 saturated heterocycles. The van der Waals surface area contributed by atoms with E-state index in [1.165, 1.54) is 43.7 Å². The minimum Gasteiger partial charge on any atom is -0.299 e. The quantitative estimate of drug-likeness (QED) is 0.785. The molecule has 0 N–H and O–H groups in total. The van der Waals surface area contributed by atoms with Crippen LogP contribution < -0.4 is 0 Å². The van der Waals surface area contributed by atoms with Gasteiger partial charge in [0.05, 0.1) is 11.8 Å². The Balaban J connectivity index is 1.71. The molecule has 3 heteroatoms. The fourth-order valence-corrected chi connectivity index (χ4v) is 3.40. The van der Waals surface area contributed by atoms with Crippen LogP contribution in [0.1, 0.15) is 44.6 Å². The molecule has 0 aromatic carbocycles. The van der Waals surface area contributed by atoms with Crippen molar-refractivity contribution >= 4 is 12.0 Å². The Morgan fingerprint density at radius 3 is 2.85 bits per heavy atom. The number of hydrogen-bond acceptors (Lipinski definition) is 2. The van der Waals surface area contributed by atoms with Crippen molar-refractivity contribution < 1.29 is 4.58 Å². The lowest BCUT2D eigenvalue weighted by Crippen LogP contribution is -2.34. The van der Waals surface area contributed by atoms with Gasteiger partial charge in [-0.2, -0.15) is 0 Å². The van der Waals surface area contributed by atoms with Gasteiger partial charge in [0.1, 0.15) is 12.7 Å². The molecule has 0 bridgehead atoms. The van der Waals surface area contributed by atoms with Crippen molar-refractivity contribution in [2.75, 3.05) is 26.2 Å². The van der Waals surface area contributed by atoms with Crippen LogP contribution in [-0.2, 0) is 0 Å². The van der Waals surface area contributed by atoms with Gasteiger partial charge in [0.2, 0.25) is 0 Å². The summed E-state index contributed by atoms with van der Waals surface area (Å²) in [7, 11) is 0. The first-order valence-corrected chi connectivity index (χ1v) is 8.04. The van der Waals surface area contributed by atoms with Crippen LogP contribution in [0.3, 0.4) is 0 Å². The highest BCUT2D eigenvalue weighted by atomic mass is 15.2. The molecule has 108 valence electrons. The van der Waals surface area contributed by atoms with E-state index in [4.69, 9.17) is 0 Å². The third-order valence-electron chi connectivity index (χ3n) is 4.61. The van der Waals surface area contributed by atoms with Crippen molar-refractivity contribution in [1.29, 1.82) is 0 Å². The third-order valence-corrected chi connectivity index (χ3v) is 4.61. The van der Waals surface area contributed by atoms with E-state index in [1.54, 1.807) is 0 Å². The molecule has 1 aromatic rings. The summed E-state index contributed by atoms with van der Waals surface area (Å²) in [5.41, 5.74) is 1.40. The van der Waals surface area contributed by atoms with Crippen molar-refractivity contribution in [3.05, 3.63) is 23.9 Å². The van der Waals surface area contributed by atoms with Crippen molar-refractivity contribution in [2.24, 2.45) is 5.92 Å². The molecular formula is C17H26N3+. The highest BCUT2D eigenvalue weighted by Crippen LogP contribution is 2.34. The Bertz CT molecular complexity index is 487. The molecule has 20 heavy (non-hydrogen) atoms. The molecule has 0 amide bonds. The molecule has 2 aliphatic rings. The summed E-state index contributed by atoms with van der Waals surface area (Å²) < 4.78 is 2.38. The Kier molecular flexibility index (Phi) is 4.16. The number of fused-ring (bicyclic) bond motifs is 1. The number of rotatable bonds is 4. The summed E-state index contributed by atoms with van der Waals surface area (Å²) in [6, 6.07) is 4.31. The number of aromatic nitrogens is 1. The minimum atomic E-state index is 0.528. The van der Waals surface area contributed by atoms with Crippen LogP contribution in [0.5, 0.6) is 0 Å². The van der Waals surface area contributed by atoms with Gasteiger partial charge in [0.15, 0.2) is 0 Å². The zero-order chi connectivity index (χ0) is 13.9. The molecule has 3 nitrogen and oxygen atoms in total. The van der Waals surface area contributed by atoms with Gasteiger partial charge in [-0.3, -0.25) is 4.90 Å². The molecule has 0 aliphatic carbocycles. The van der Waals surface area contributed by atoms with E-state index in [0.717, 1.165) is 13.1 Å². The Labute approximate surface area is 122 Å². The second-order valence-electron chi connectivity index (χ2n) is 6.43. The lowest BCUT2D eigenvalue weighted by Gasteiger charge is -2.25. The largest absolute Gasteiger partial charge is 0.326 e. The smallest absolute Gasteiger partial charge is 0.299 e. The molecule has 0 spiro atoms. The highest BCUT2D eigenvalue weighted by molar-refractivity contribution is 5.71. The molecule has 2 aliphatic heterocycles. The van der Waals surface area contributed by atoms with E-state index in [0.29, 0.717) is 11.8 Å². The van der Waals surface area contributed by atoms with Crippen LogP contribution in [-0.4, -0.2) is 46.9 Å². The van der Waals surface area contributed by atoms with Gasteiger partial charge < -0.3 is 0 Å². The summed E-state index contributed by atoms with van der Waals surface area (Å²) in [5, 5.41) is 0. The number of pyridine rings is 1. The lowest BCUT2D eigenvalue weighted by atomic mass is 9.92. The summed E-state index contributed by atoms with van der Waals surface area (Å²) in [6.45, 7) is 9.38. The number of hydrogen-bond donors (Lipinski definition) is 0. The van der Waals surface area contributed by atoms with Gasteiger partial charge in [0.25, 0.3) is 0 Å². The third kappa shape index (κ3) is 2.78. The maximum atomic E-state index is 4.61. The first-order chi connectivity index (χ1) is 9.75. The van der Waals surface area contributed by atoms with Crippen LogP contribution in [0.4, 0.5) is 5.82 Å². The van der Waals surface area contributed by atoms with Crippen LogP contribution in [0.2, 0.25) is 0 Å². The van der Waals surface area contributed by atoms with Crippen LogP contribution >= 0.6 is 0 Å². The van der Waals surface area contributed by atoms with Crippen molar-refractivity contribution in [2.45, 2.75) is 39.0 Å². The number of piperidine rings is 1. The number of nitrogens with zero attached hydrogens (tertiary/aromatic N) is 3. The van der Waals surface area contributed by atoms with E-state index in [-0.39, 0.29) is 0 Å². The van der Waals surface area contributed by atoms with Crippen LogP contribution in [0, 0.1) is 5.92 Å².